The minimum absolute atomic E-state index is 0.238. The van der Waals surface area contributed by atoms with Crippen molar-refractivity contribution in [2.45, 2.75) is 26.6 Å². The highest BCUT2D eigenvalue weighted by Crippen LogP contribution is 2.11. The van der Waals surface area contributed by atoms with Crippen molar-refractivity contribution in [3.63, 3.8) is 0 Å². The van der Waals surface area contributed by atoms with E-state index in [4.69, 9.17) is 9.15 Å². The largest absolute Gasteiger partial charge is 0.453 e. The number of aromatic nitrogens is 2. The molecule has 0 radical (unpaired) electrons. The normalized spacial score (nSPS) is 10.8. The summed E-state index contributed by atoms with van der Waals surface area (Å²) < 4.78 is 12.5. The number of amides is 1. The number of hydrogen-bond acceptors (Lipinski definition) is 4. The van der Waals surface area contributed by atoms with Crippen molar-refractivity contribution in [2.75, 3.05) is 7.11 Å². The van der Waals surface area contributed by atoms with Crippen molar-refractivity contribution < 1.29 is 13.9 Å². The van der Waals surface area contributed by atoms with Gasteiger partial charge in [-0.05, 0) is 30.2 Å². The molecule has 0 spiro atoms. The second-order valence-corrected chi connectivity index (χ2v) is 5.80. The maximum absolute atomic E-state index is 12.2. The van der Waals surface area contributed by atoms with E-state index in [2.05, 4.69) is 27.0 Å². The number of hydrogen-bond donors (Lipinski definition) is 1. The van der Waals surface area contributed by atoms with Gasteiger partial charge in [-0.1, -0.05) is 24.3 Å². The first-order chi connectivity index (χ1) is 12.2. The SMILES string of the molecule is COCc1ccc(C(=O)NCc2cccc(Cn3ccnc3C)c2)o1. The molecule has 3 rings (SSSR count). The molecule has 2 aromatic heterocycles. The van der Waals surface area contributed by atoms with Gasteiger partial charge in [-0.2, -0.15) is 0 Å². The van der Waals surface area contributed by atoms with Crippen LogP contribution in [-0.2, 0) is 24.4 Å². The van der Waals surface area contributed by atoms with Gasteiger partial charge in [0, 0.05) is 32.6 Å². The van der Waals surface area contributed by atoms with Gasteiger partial charge in [-0.25, -0.2) is 4.98 Å². The third kappa shape index (κ3) is 4.36. The summed E-state index contributed by atoms with van der Waals surface area (Å²) in [6.07, 6.45) is 3.75. The number of aryl methyl sites for hydroxylation is 1. The first-order valence-corrected chi connectivity index (χ1v) is 8.07. The van der Waals surface area contributed by atoms with Crippen molar-refractivity contribution in [3.05, 3.63) is 77.3 Å². The Hall–Kier alpha value is -2.86. The molecular weight excluding hydrogens is 318 g/mol. The van der Waals surface area contributed by atoms with E-state index in [1.165, 1.54) is 0 Å². The Morgan fingerprint density at radius 3 is 2.88 bits per heavy atom. The van der Waals surface area contributed by atoms with Crippen LogP contribution in [0.15, 0.2) is 53.2 Å². The van der Waals surface area contributed by atoms with E-state index in [-0.39, 0.29) is 11.7 Å². The monoisotopic (exact) mass is 339 g/mol. The second kappa shape index (κ2) is 7.81. The number of imidazole rings is 1. The molecular formula is C19H21N3O3. The van der Waals surface area contributed by atoms with Crippen LogP contribution < -0.4 is 5.32 Å². The average molecular weight is 339 g/mol. The van der Waals surface area contributed by atoms with Crippen LogP contribution in [0.5, 0.6) is 0 Å². The molecule has 3 aromatic rings. The zero-order valence-corrected chi connectivity index (χ0v) is 14.4. The Morgan fingerprint density at radius 2 is 2.12 bits per heavy atom. The Kier molecular flexibility index (Phi) is 5.30. The lowest BCUT2D eigenvalue weighted by Gasteiger charge is -2.08. The van der Waals surface area contributed by atoms with Gasteiger partial charge in [0.25, 0.3) is 5.91 Å². The number of furan rings is 1. The molecule has 0 bridgehead atoms. The van der Waals surface area contributed by atoms with Crippen LogP contribution in [0.1, 0.15) is 33.3 Å². The van der Waals surface area contributed by atoms with Crippen LogP contribution in [0.2, 0.25) is 0 Å². The van der Waals surface area contributed by atoms with Gasteiger partial charge in [-0.3, -0.25) is 4.79 Å². The molecule has 6 heteroatoms. The van der Waals surface area contributed by atoms with E-state index < -0.39 is 0 Å². The van der Waals surface area contributed by atoms with Gasteiger partial charge in [0.2, 0.25) is 0 Å². The molecule has 1 N–H and O–H groups in total. The van der Waals surface area contributed by atoms with Crippen LogP contribution in [0, 0.1) is 6.92 Å². The van der Waals surface area contributed by atoms with E-state index in [1.807, 2.05) is 25.3 Å². The summed E-state index contributed by atoms with van der Waals surface area (Å²) >= 11 is 0. The third-order valence-corrected chi connectivity index (χ3v) is 3.89. The summed E-state index contributed by atoms with van der Waals surface area (Å²) in [6.45, 7) is 3.52. The molecule has 2 heterocycles. The number of methoxy groups -OCH3 is 1. The molecule has 0 saturated heterocycles. The molecule has 130 valence electrons. The quantitative estimate of drug-likeness (QED) is 0.718. The topological polar surface area (TPSA) is 69.3 Å². The first kappa shape index (κ1) is 17.0. The van der Waals surface area contributed by atoms with Gasteiger partial charge in [0.1, 0.15) is 18.2 Å². The number of benzene rings is 1. The fourth-order valence-corrected chi connectivity index (χ4v) is 2.59. The fourth-order valence-electron chi connectivity index (χ4n) is 2.59. The van der Waals surface area contributed by atoms with E-state index in [9.17, 15) is 4.79 Å². The number of carbonyl (C=O) groups excluding carboxylic acids is 1. The molecule has 0 fully saturated rings. The fraction of sp³-hybridized carbons (Fsp3) is 0.263. The lowest BCUT2D eigenvalue weighted by atomic mass is 10.1. The molecule has 0 saturated carbocycles. The predicted molar refractivity (Wildman–Crippen MR) is 93.1 cm³/mol. The molecule has 0 atom stereocenters. The highest BCUT2D eigenvalue weighted by Gasteiger charge is 2.11. The van der Waals surface area contributed by atoms with Crippen molar-refractivity contribution >= 4 is 5.91 Å². The van der Waals surface area contributed by atoms with Crippen LogP contribution >= 0.6 is 0 Å². The minimum Gasteiger partial charge on any atom is -0.453 e. The second-order valence-electron chi connectivity index (χ2n) is 5.80. The zero-order chi connectivity index (χ0) is 17.6. The number of ether oxygens (including phenoxy) is 1. The Labute approximate surface area is 146 Å². The summed E-state index contributed by atoms with van der Waals surface area (Å²) in [5, 5.41) is 2.88. The average Bonchev–Trinajstić information content (AvgIpc) is 3.23. The lowest BCUT2D eigenvalue weighted by Crippen LogP contribution is -2.22. The van der Waals surface area contributed by atoms with Crippen molar-refractivity contribution in [2.24, 2.45) is 0 Å². The zero-order valence-electron chi connectivity index (χ0n) is 14.4. The lowest BCUT2D eigenvalue weighted by molar-refractivity contribution is 0.0914. The first-order valence-electron chi connectivity index (χ1n) is 8.07. The van der Waals surface area contributed by atoms with Gasteiger partial charge in [0.05, 0.1) is 0 Å². The number of rotatable bonds is 7. The molecule has 25 heavy (non-hydrogen) atoms. The number of carbonyl (C=O) groups is 1. The number of nitrogens with zero attached hydrogens (tertiary/aromatic N) is 2. The van der Waals surface area contributed by atoms with Crippen molar-refractivity contribution in [1.82, 2.24) is 14.9 Å². The van der Waals surface area contributed by atoms with Gasteiger partial charge >= 0.3 is 0 Å². The Bertz CT molecular complexity index is 851. The summed E-state index contributed by atoms with van der Waals surface area (Å²) in [5.74, 6) is 1.66. The smallest absolute Gasteiger partial charge is 0.287 e. The molecule has 0 unspecified atom stereocenters. The molecule has 1 amide bonds. The molecule has 0 aliphatic carbocycles. The molecule has 1 aromatic carbocycles. The van der Waals surface area contributed by atoms with Crippen LogP contribution in [0.4, 0.5) is 0 Å². The highest BCUT2D eigenvalue weighted by molar-refractivity contribution is 5.91. The molecule has 6 nitrogen and oxygen atoms in total. The van der Waals surface area contributed by atoms with Crippen LogP contribution in [-0.4, -0.2) is 22.6 Å². The standard InChI is InChI=1S/C19H21N3O3/c1-14-20-8-9-22(14)12-16-5-3-4-15(10-16)11-21-19(23)18-7-6-17(25-18)13-24-2/h3-10H,11-13H2,1-2H3,(H,21,23). The van der Waals surface area contributed by atoms with Crippen molar-refractivity contribution in [1.29, 1.82) is 0 Å². The van der Waals surface area contributed by atoms with Crippen molar-refractivity contribution in [3.8, 4) is 0 Å². The molecule has 0 aliphatic heterocycles. The van der Waals surface area contributed by atoms with E-state index >= 15 is 0 Å². The minimum atomic E-state index is -0.238. The van der Waals surface area contributed by atoms with Gasteiger partial charge in [-0.15, -0.1) is 0 Å². The maximum atomic E-state index is 12.2. The Balaban J connectivity index is 1.60. The number of nitrogens with one attached hydrogen (secondary N) is 1. The van der Waals surface area contributed by atoms with Gasteiger partial charge in [0.15, 0.2) is 5.76 Å². The molecule has 0 aliphatic rings. The summed E-state index contributed by atoms with van der Waals surface area (Å²) in [5.41, 5.74) is 2.19. The van der Waals surface area contributed by atoms with E-state index in [0.29, 0.717) is 18.9 Å². The van der Waals surface area contributed by atoms with Gasteiger partial charge < -0.3 is 19.0 Å². The summed E-state index contributed by atoms with van der Waals surface area (Å²) in [4.78, 5) is 16.4. The summed E-state index contributed by atoms with van der Waals surface area (Å²) in [6, 6.07) is 11.5. The Morgan fingerprint density at radius 1 is 1.28 bits per heavy atom. The van der Waals surface area contributed by atoms with Crippen LogP contribution in [0.3, 0.4) is 0 Å². The van der Waals surface area contributed by atoms with E-state index in [1.54, 1.807) is 25.4 Å². The highest BCUT2D eigenvalue weighted by atomic mass is 16.5. The van der Waals surface area contributed by atoms with Crippen LogP contribution in [0.25, 0.3) is 0 Å². The summed E-state index contributed by atoms with van der Waals surface area (Å²) in [7, 11) is 1.58. The predicted octanol–water partition coefficient (Wildman–Crippen LogP) is 2.91. The van der Waals surface area contributed by atoms with E-state index in [0.717, 1.165) is 23.5 Å². The maximum Gasteiger partial charge on any atom is 0.287 e. The third-order valence-electron chi connectivity index (χ3n) is 3.89.